The summed E-state index contributed by atoms with van der Waals surface area (Å²) in [6.07, 6.45) is 5.27. The van der Waals surface area contributed by atoms with E-state index in [0.29, 0.717) is 0 Å². The normalized spacial score (nSPS) is 16.3. The number of aryl methyl sites for hydroxylation is 1. The standard InChI is InChI=1S/C18H27N3S2/c1-15-18(23-14-19-15)6-9-20(2)12-17-10-16(13-22-17)11-21-7-4-3-5-8-21/h10,13-14H,3-9,11-12H2,1-2H3. The Kier molecular flexibility index (Phi) is 6.22. The Labute approximate surface area is 148 Å². The number of hydrogen-bond acceptors (Lipinski definition) is 5. The van der Waals surface area contributed by atoms with Crippen LogP contribution < -0.4 is 0 Å². The Morgan fingerprint density at radius 3 is 2.78 bits per heavy atom. The molecule has 0 aliphatic carbocycles. The van der Waals surface area contributed by atoms with Crippen LogP contribution in [-0.2, 0) is 19.5 Å². The van der Waals surface area contributed by atoms with Gasteiger partial charge >= 0.3 is 0 Å². The Bertz CT molecular complexity index is 599. The molecule has 0 spiro atoms. The van der Waals surface area contributed by atoms with Crippen LogP contribution in [0.4, 0.5) is 0 Å². The lowest BCUT2D eigenvalue weighted by Gasteiger charge is -2.25. The van der Waals surface area contributed by atoms with Gasteiger partial charge in [0, 0.05) is 29.4 Å². The summed E-state index contributed by atoms with van der Waals surface area (Å²) < 4.78 is 0. The number of likely N-dealkylation sites (tertiary alicyclic amines) is 1. The van der Waals surface area contributed by atoms with E-state index < -0.39 is 0 Å². The SMILES string of the molecule is Cc1ncsc1CCN(C)Cc1cc(CN2CCCCC2)cs1. The summed E-state index contributed by atoms with van der Waals surface area (Å²) >= 11 is 3.70. The zero-order chi connectivity index (χ0) is 16.1. The van der Waals surface area contributed by atoms with Crippen LogP contribution in [0.3, 0.4) is 0 Å². The van der Waals surface area contributed by atoms with Crippen LogP contribution in [0, 0.1) is 6.92 Å². The Morgan fingerprint density at radius 2 is 2.04 bits per heavy atom. The zero-order valence-electron chi connectivity index (χ0n) is 14.3. The van der Waals surface area contributed by atoms with Crippen molar-refractivity contribution in [2.75, 3.05) is 26.7 Å². The van der Waals surface area contributed by atoms with Gasteiger partial charge in [-0.15, -0.1) is 22.7 Å². The third-order valence-corrected chi connectivity index (χ3v) is 6.52. The second kappa shape index (κ2) is 8.38. The van der Waals surface area contributed by atoms with Crippen molar-refractivity contribution < 1.29 is 0 Å². The highest BCUT2D eigenvalue weighted by Gasteiger charge is 2.12. The van der Waals surface area contributed by atoms with Crippen LogP contribution in [0.1, 0.15) is 40.3 Å². The third-order valence-electron chi connectivity index (χ3n) is 4.55. The molecular formula is C18H27N3S2. The first-order valence-corrected chi connectivity index (χ1v) is 10.3. The molecule has 3 rings (SSSR count). The number of nitrogens with zero attached hydrogens (tertiary/aromatic N) is 3. The Morgan fingerprint density at radius 1 is 1.22 bits per heavy atom. The van der Waals surface area contributed by atoms with Crippen LogP contribution in [-0.4, -0.2) is 41.5 Å². The molecule has 1 aliphatic rings. The first kappa shape index (κ1) is 17.1. The van der Waals surface area contributed by atoms with Gasteiger partial charge in [-0.1, -0.05) is 6.42 Å². The maximum absolute atomic E-state index is 4.33. The topological polar surface area (TPSA) is 19.4 Å². The summed E-state index contributed by atoms with van der Waals surface area (Å²) in [5.41, 5.74) is 4.65. The molecule has 2 aromatic rings. The molecule has 0 unspecified atom stereocenters. The molecule has 0 saturated carbocycles. The van der Waals surface area contributed by atoms with Gasteiger partial charge in [-0.2, -0.15) is 0 Å². The minimum Gasteiger partial charge on any atom is -0.301 e. The lowest BCUT2D eigenvalue weighted by atomic mass is 10.1. The number of rotatable bonds is 7. The number of aromatic nitrogens is 1. The van der Waals surface area contributed by atoms with Gasteiger partial charge in [0.25, 0.3) is 0 Å². The van der Waals surface area contributed by atoms with Gasteiger partial charge in [-0.3, -0.25) is 4.90 Å². The fourth-order valence-electron chi connectivity index (χ4n) is 3.17. The van der Waals surface area contributed by atoms with Gasteiger partial charge in [0.15, 0.2) is 0 Å². The van der Waals surface area contributed by atoms with E-state index >= 15 is 0 Å². The van der Waals surface area contributed by atoms with E-state index in [1.54, 1.807) is 11.3 Å². The number of likely N-dealkylation sites (N-methyl/N-ethyl adjacent to an activating group) is 1. The lowest BCUT2D eigenvalue weighted by molar-refractivity contribution is 0.221. The Balaban J connectivity index is 1.45. The fraction of sp³-hybridized carbons (Fsp3) is 0.611. The molecule has 0 aromatic carbocycles. The van der Waals surface area contributed by atoms with Crippen molar-refractivity contribution in [1.82, 2.24) is 14.8 Å². The van der Waals surface area contributed by atoms with Crippen molar-refractivity contribution in [1.29, 1.82) is 0 Å². The van der Waals surface area contributed by atoms with E-state index in [2.05, 4.69) is 40.2 Å². The second-order valence-electron chi connectivity index (χ2n) is 6.61. The number of thiophene rings is 1. The molecule has 0 atom stereocenters. The van der Waals surface area contributed by atoms with Crippen LogP contribution in [0.15, 0.2) is 17.0 Å². The summed E-state index contributed by atoms with van der Waals surface area (Å²) in [6, 6.07) is 2.41. The predicted octanol–water partition coefficient (Wildman–Crippen LogP) is 4.17. The van der Waals surface area contributed by atoms with Gasteiger partial charge in [-0.25, -0.2) is 4.98 Å². The molecule has 2 aromatic heterocycles. The van der Waals surface area contributed by atoms with Crippen molar-refractivity contribution in [3.63, 3.8) is 0 Å². The van der Waals surface area contributed by atoms with E-state index in [1.807, 2.05) is 16.8 Å². The first-order chi connectivity index (χ1) is 11.2. The summed E-state index contributed by atoms with van der Waals surface area (Å²) in [7, 11) is 2.22. The zero-order valence-corrected chi connectivity index (χ0v) is 15.9. The van der Waals surface area contributed by atoms with Crippen LogP contribution in [0.5, 0.6) is 0 Å². The number of thiazole rings is 1. The minimum atomic E-state index is 1.06. The lowest BCUT2D eigenvalue weighted by Crippen LogP contribution is -2.28. The highest BCUT2D eigenvalue weighted by atomic mass is 32.1. The van der Waals surface area contributed by atoms with E-state index in [9.17, 15) is 0 Å². The van der Waals surface area contributed by atoms with E-state index in [-0.39, 0.29) is 0 Å². The van der Waals surface area contributed by atoms with Crippen LogP contribution in [0.25, 0.3) is 0 Å². The monoisotopic (exact) mass is 349 g/mol. The molecular weight excluding hydrogens is 322 g/mol. The third kappa shape index (κ3) is 5.11. The van der Waals surface area contributed by atoms with Gasteiger partial charge in [0.1, 0.15) is 0 Å². The molecule has 0 bridgehead atoms. The maximum atomic E-state index is 4.33. The maximum Gasteiger partial charge on any atom is 0.0797 e. The van der Waals surface area contributed by atoms with Gasteiger partial charge in [0.05, 0.1) is 11.2 Å². The number of hydrogen-bond donors (Lipinski definition) is 0. The molecule has 3 nitrogen and oxygen atoms in total. The predicted molar refractivity (Wildman–Crippen MR) is 100 cm³/mol. The highest BCUT2D eigenvalue weighted by molar-refractivity contribution is 7.10. The van der Waals surface area contributed by atoms with E-state index in [0.717, 1.165) is 26.1 Å². The molecule has 23 heavy (non-hydrogen) atoms. The smallest absolute Gasteiger partial charge is 0.0797 e. The molecule has 1 fully saturated rings. The van der Waals surface area contributed by atoms with E-state index in [1.165, 1.54) is 53.4 Å². The molecule has 1 saturated heterocycles. The van der Waals surface area contributed by atoms with Crippen molar-refractivity contribution in [2.45, 2.75) is 45.7 Å². The van der Waals surface area contributed by atoms with Crippen molar-refractivity contribution in [3.05, 3.63) is 38.0 Å². The average molecular weight is 350 g/mol. The van der Waals surface area contributed by atoms with Crippen LogP contribution in [0.2, 0.25) is 0 Å². The average Bonchev–Trinajstić information content (AvgIpc) is 3.15. The summed E-state index contributed by atoms with van der Waals surface area (Å²) in [4.78, 5) is 12.3. The molecule has 1 aliphatic heterocycles. The van der Waals surface area contributed by atoms with Crippen molar-refractivity contribution in [2.24, 2.45) is 0 Å². The molecule has 0 N–H and O–H groups in total. The summed E-state index contributed by atoms with van der Waals surface area (Å²) in [5.74, 6) is 0. The molecule has 3 heterocycles. The van der Waals surface area contributed by atoms with Crippen molar-refractivity contribution in [3.8, 4) is 0 Å². The number of piperidine rings is 1. The molecule has 5 heteroatoms. The summed E-state index contributed by atoms with van der Waals surface area (Å²) in [5, 5.41) is 2.35. The molecule has 126 valence electrons. The summed E-state index contributed by atoms with van der Waals surface area (Å²) in [6.45, 7) is 7.96. The van der Waals surface area contributed by atoms with Gasteiger partial charge < -0.3 is 4.90 Å². The molecule has 0 radical (unpaired) electrons. The quantitative estimate of drug-likeness (QED) is 0.748. The van der Waals surface area contributed by atoms with Crippen molar-refractivity contribution >= 4 is 22.7 Å². The molecule has 0 amide bonds. The Hall–Kier alpha value is -0.750. The van der Waals surface area contributed by atoms with Gasteiger partial charge in [0.2, 0.25) is 0 Å². The fourth-order valence-corrected chi connectivity index (χ4v) is 4.90. The minimum absolute atomic E-state index is 1.06. The van der Waals surface area contributed by atoms with Gasteiger partial charge in [-0.05, 0) is 63.3 Å². The first-order valence-electron chi connectivity index (χ1n) is 8.57. The highest BCUT2D eigenvalue weighted by Crippen LogP contribution is 2.20. The largest absolute Gasteiger partial charge is 0.301 e. The van der Waals surface area contributed by atoms with Crippen LogP contribution >= 0.6 is 22.7 Å². The van der Waals surface area contributed by atoms with E-state index in [4.69, 9.17) is 0 Å². The second-order valence-corrected chi connectivity index (χ2v) is 8.54.